The molecular weight excluding hydrogens is 592 g/mol. The van der Waals surface area contributed by atoms with Gasteiger partial charge < -0.3 is 14.6 Å². The van der Waals surface area contributed by atoms with E-state index >= 15 is 0 Å². The van der Waals surface area contributed by atoms with Crippen molar-refractivity contribution in [3.8, 4) is 0 Å². The summed E-state index contributed by atoms with van der Waals surface area (Å²) in [5.74, 6) is -0.201. The molecule has 0 aliphatic heterocycles. The predicted molar refractivity (Wildman–Crippen MR) is 210 cm³/mol. The van der Waals surface area contributed by atoms with Crippen LogP contribution in [0.4, 0.5) is 0 Å². The van der Waals surface area contributed by atoms with Crippen molar-refractivity contribution in [2.24, 2.45) is 0 Å². The number of aliphatic hydroxyl groups is 1. The zero-order chi connectivity index (χ0) is 34.9. The second kappa shape index (κ2) is 42.0. The smallest absolute Gasteiger partial charge is 0.306 e. The molecule has 0 fully saturated rings. The van der Waals surface area contributed by atoms with E-state index in [2.05, 4.69) is 38.2 Å². The number of allylic oxidation sites excluding steroid dienone is 4. The molecular formula is C44H84O4. The van der Waals surface area contributed by atoms with Crippen LogP contribution in [0.25, 0.3) is 0 Å². The normalized spacial score (nSPS) is 12.5. The predicted octanol–water partition coefficient (Wildman–Crippen LogP) is 13.9. The molecule has 0 radical (unpaired) electrons. The molecule has 0 amide bonds. The van der Waals surface area contributed by atoms with Gasteiger partial charge in [0.2, 0.25) is 0 Å². The molecule has 48 heavy (non-hydrogen) atoms. The maximum absolute atomic E-state index is 12.2. The van der Waals surface area contributed by atoms with Crippen molar-refractivity contribution in [2.75, 3.05) is 19.8 Å². The van der Waals surface area contributed by atoms with E-state index in [4.69, 9.17) is 9.47 Å². The summed E-state index contributed by atoms with van der Waals surface area (Å²) >= 11 is 0. The van der Waals surface area contributed by atoms with Gasteiger partial charge in [0.05, 0.1) is 13.2 Å². The molecule has 1 unspecified atom stereocenters. The number of hydrogen-bond donors (Lipinski definition) is 1. The lowest BCUT2D eigenvalue weighted by molar-refractivity contribution is -0.154. The molecule has 0 aromatic carbocycles. The van der Waals surface area contributed by atoms with E-state index in [1.807, 2.05) is 0 Å². The summed E-state index contributed by atoms with van der Waals surface area (Å²) in [6.45, 7) is 5.35. The number of carbonyl (C=O) groups excluding carboxylic acids is 1. The third kappa shape index (κ3) is 39.3. The molecule has 0 rings (SSSR count). The highest BCUT2D eigenvalue weighted by Crippen LogP contribution is 2.15. The highest BCUT2D eigenvalue weighted by molar-refractivity contribution is 5.69. The first-order chi connectivity index (χ1) is 23.7. The Morgan fingerprint density at radius 3 is 1.33 bits per heavy atom. The molecule has 0 spiro atoms. The minimum atomic E-state index is -0.532. The van der Waals surface area contributed by atoms with Crippen LogP contribution in [0.15, 0.2) is 24.3 Å². The van der Waals surface area contributed by atoms with Gasteiger partial charge in [0.1, 0.15) is 6.10 Å². The molecule has 4 nitrogen and oxygen atoms in total. The molecule has 0 saturated carbocycles. The van der Waals surface area contributed by atoms with Crippen LogP contribution in [0.3, 0.4) is 0 Å². The monoisotopic (exact) mass is 677 g/mol. The molecule has 0 aromatic rings. The fourth-order valence-electron chi connectivity index (χ4n) is 6.30. The van der Waals surface area contributed by atoms with Gasteiger partial charge in [-0.15, -0.1) is 0 Å². The van der Waals surface area contributed by atoms with Crippen LogP contribution < -0.4 is 0 Å². The number of rotatable bonds is 40. The van der Waals surface area contributed by atoms with Gasteiger partial charge in [-0.1, -0.05) is 199 Å². The number of unbranched alkanes of at least 4 members (excludes halogenated alkanes) is 28. The maximum atomic E-state index is 12.2. The van der Waals surface area contributed by atoms with Gasteiger partial charge in [0.25, 0.3) is 0 Å². The van der Waals surface area contributed by atoms with Crippen molar-refractivity contribution in [3.05, 3.63) is 24.3 Å². The molecule has 0 heterocycles. The Morgan fingerprint density at radius 1 is 0.500 bits per heavy atom. The molecule has 0 bridgehead atoms. The average molecular weight is 677 g/mol. The summed E-state index contributed by atoms with van der Waals surface area (Å²) in [6.07, 6.45) is 50.9. The highest BCUT2D eigenvalue weighted by Gasteiger charge is 2.13. The summed E-state index contributed by atoms with van der Waals surface area (Å²) in [5.41, 5.74) is 0. The maximum Gasteiger partial charge on any atom is 0.306 e. The molecule has 4 heteroatoms. The largest absolute Gasteiger partial charge is 0.457 e. The molecule has 284 valence electrons. The summed E-state index contributed by atoms with van der Waals surface area (Å²) in [4.78, 5) is 12.2. The van der Waals surface area contributed by atoms with Gasteiger partial charge in [-0.3, -0.25) is 4.79 Å². The number of ether oxygens (including phenoxy) is 2. The van der Waals surface area contributed by atoms with Gasteiger partial charge in [0.15, 0.2) is 0 Å². The summed E-state index contributed by atoms with van der Waals surface area (Å²) in [6, 6.07) is 0. The van der Waals surface area contributed by atoms with Crippen molar-refractivity contribution in [2.45, 2.75) is 232 Å². The van der Waals surface area contributed by atoms with Gasteiger partial charge in [-0.05, 0) is 44.9 Å². The minimum Gasteiger partial charge on any atom is -0.457 e. The SMILES string of the molecule is CCCCC/C=C\C/C=C\CCCCCCCCCCCC(=O)OC(CO)COCCCCCCCCCCCCCCCCCCC. The summed E-state index contributed by atoms with van der Waals surface area (Å²) in [5, 5.41) is 9.60. The van der Waals surface area contributed by atoms with E-state index in [0.29, 0.717) is 19.6 Å². The zero-order valence-electron chi connectivity index (χ0n) is 32.5. The van der Waals surface area contributed by atoms with E-state index in [0.717, 1.165) is 25.7 Å². The van der Waals surface area contributed by atoms with E-state index in [1.54, 1.807) is 0 Å². The number of carbonyl (C=O) groups is 1. The van der Waals surface area contributed by atoms with Crippen LogP contribution in [0.2, 0.25) is 0 Å². The Hall–Kier alpha value is -1.13. The summed E-state index contributed by atoms with van der Waals surface area (Å²) < 4.78 is 11.2. The Bertz CT molecular complexity index is 673. The average Bonchev–Trinajstić information content (AvgIpc) is 3.09. The Kier molecular flexibility index (Phi) is 41.0. The summed E-state index contributed by atoms with van der Waals surface area (Å²) in [7, 11) is 0. The van der Waals surface area contributed by atoms with E-state index < -0.39 is 6.10 Å². The first-order valence-corrected chi connectivity index (χ1v) is 21.4. The van der Waals surface area contributed by atoms with Crippen LogP contribution in [0.5, 0.6) is 0 Å². The minimum absolute atomic E-state index is 0.169. The third-order valence-electron chi connectivity index (χ3n) is 9.53. The van der Waals surface area contributed by atoms with Gasteiger partial charge >= 0.3 is 5.97 Å². The molecule has 0 aliphatic carbocycles. The molecule has 0 aromatic heterocycles. The Balaban J connectivity index is 3.40. The fraction of sp³-hybridized carbons (Fsp3) is 0.886. The fourth-order valence-corrected chi connectivity index (χ4v) is 6.30. The Morgan fingerprint density at radius 2 is 0.875 bits per heavy atom. The van der Waals surface area contributed by atoms with Crippen molar-refractivity contribution >= 4 is 5.97 Å². The van der Waals surface area contributed by atoms with Crippen LogP contribution in [-0.4, -0.2) is 37.0 Å². The van der Waals surface area contributed by atoms with Crippen molar-refractivity contribution in [1.82, 2.24) is 0 Å². The van der Waals surface area contributed by atoms with E-state index in [-0.39, 0.29) is 12.6 Å². The lowest BCUT2D eigenvalue weighted by atomic mass is 10.0. The first kappa shape index (κ1) is 46.9. The number of esters is 1. The molecule has 0 aliphatic rings. The first-order valence-electron chi connectivity index (χ1n) is 21.4. The van der Waals surface area contributed by atoms with Crippen LogP contribution >= 0.6 is 0 Å². The molecule has 0 saturated heterocycles. The molecule has 1 atom stereocenters. The van der Waals surface area contributed by atoms with Crippen LogP contribution in [0.1, 0.15) is 226 Å². The van der Waals surface area contributed by atoms with Crippen LogP contribution in [-0.2, 0) is 14.3 Å². The van der Waals surface area contributed by atoms with Gasteiger partial charge in [-0.25, -0.2) is 0 Å². The second-order valence-electron chi connectivity index (χ2n) is 14.4. The highest BCUT2D eigenvalue weighted by atomic mass is 16.6. The lowest BCUT2D eigenvalue weighted by Crippen LogP contribution is -2.27. The van der Waals surface area contributed by atoms with Crippen molar-refractivity contribution in [1.29, 1.82) is 0 Å². The standard InChI is InChI=1S/C44H84O4/c1-3-5-7-9-11-13-15-17-19-21-22-23-25-27-29-31-33-35-37-39-44(46)48-43(41-45)42-47-40-38-36-34-32-30-28-26-24-20-18-16-14-12-10-8-6-4-2/h11,13,17,19,43,45H,3-10,12,14-16,18,20-42H2,1-2H3/b13-11-,19-17-. The van der Waals surface area contributed by atoms with Crippen LogP contribution in [0, 0.1) is 0 Å². The number of aliphatic hydroxyl groups excluding tert-OH is 1. The number of hydrogen-bond acceptors (Lipinski definition) is 4. The lowest BCUT2D eigenvalue weighted by Gasteiger charge is -2.16. The van der Waals surface area contributed by atoms with Crippen molar-refractivity contribution < 1.29 is 19.4 Å². The van der Waals surface area contributed by atoms with Gasteiger partial charge in [0, 0.05) is 13.0 Å². The second-order valence-corrected chi connectivity index (χ2v) is 14.4. The zero-order valence-corrected chi connectivity index (χ0v) is 32.5. The quantitative estimate of drug-likeness (QED) is 0.0399. The van der Waals surface area contributed by atoms with Crippen molar-refractivity contribution in [3.63, 3.8) is 0 Å². The molecule has 1 N–H and O–H groups in total. The third-order valence-corrected chi connectivity index (χ3v) is 9.53. The van der Waals surface area contributed by atoms with Gasteiger partial charge in [-0.2, -0.15) is 0 Å². The Labute approximate surface area is 300 Å². The van der Waals surface area contributed by atoms with E-state index in [9.17, 15) is 9.90 Å². The van der Waals surface area contributed by atoms with E-state index in [1.165, 1.54) is 180 Å². The topological polar surface area (TPSA) is 55.8 Å².